The van der Waals surface area contributed by atoms with Crippen LogP contribution in [-0.2, 0) is 9.47 Å². The standard InChI is InChI=1S/C17H28N4O2/c1-19-9-10-20(2)17(19)18-15-7-5-6-8-16(15)21(11-13-22-3)12-14-23-4/h5-8H,9-14H2,1-4H3. The van der Waals surface area contributed by atoms with E-state index in [0.717, 1.165) is 43.5 Å². The summed E-state index contributed by atoms with van der Waals surface area (Å²) in [5.41, 5.74) is 2.10. The summed E-state index contributed by atoms with van der Waals surface area (Å²) in [5, 5.41) is 0. The lowest BCUT2D eigenvalue weighted by Gasteiger charge is -2.26. The number of benzene rings is 1. The van der Waals surface area contributed by atoms with Crippen molar-refractivity contribution in [2.24, 2.45) is 4.99 Å². The third kappa shape index (κ3) is 4.59. The molecule has 0 aliphatic carbocycles. The van der Waals surface area contributed by atoms with E-state index in [4.69, 9.17) is 14.5 Å². The van der Waals surface area contributed by atoms with E-state index in [9.17, 15) is 0 Å². The second-order valence-corrected chi connectivity index (χ2v) is 5.72. The zero-order chi connectivity index (χ0) is 16.7. The van der Waals surface area contributed by atoms with Gasteiger partial charge in [-0.05, 0) is 12.1 Å². The van der Waals surface area contributed by atoms with Crippen LogP contribution >= 0.6 is 0 Å². The number of likely N-dealkylation sites (N-methyl/N-ethyl adjacent to an activating group) is 2. The normalized spacial score (nSPS) is 14.5. The molecule has 0 unspecified atom stereocenters. The van der Waals surface area contributed by atoms with Crippen LogP contribution in [0, 0.1) is 0 Å². The highest BCUT2D eigenvalue weighted by Gasteiger charge is 2.20. The molecule has 1 aliphatic rings. The molecule has 0 atom stereocenters. The lowest BCUT2D eigenvalue weighted by molar-refractivity contribution is 0.190. The second-order valence-electron chi connectivity index (χ2n) is 5.72. The van der Waals surface area contributed by atoms with Gasteiger partial charge in [0.15, 0.2) is 0 Å². The maximum absolute atomic E-state index is 5.25. The highest BCUT2D eigenvalue weighted by molar-refractivity contribution is 5.86. The van der Waals surface area contributed by atoms with E-state index >= 15 is 0 Å². The van der Waals surface area contributed by atoms with E-state index in [1.54, 1.807) is 14.2 Å². The third-order valence-corrected chi connectivity index (χ3v) is 4.03. The molecule has 0 N–H and O–H groups in total. The van der Waals surface area contributed by atoms with Crippen LogP contribution < -0.4 is 4.90 Å². The number of rotatable bonds is 8. The Morgan fingerprint density at radius 2 is 1.57 bits per heavy atom. The van der Waals surface area contributed by atoms with Gasteiger partial charge in [-0.25, -0.2) is 4.99 Å². The molecular weight excluding hydrogens is 292 g/mol. The summed E-state index contributed by atoms with van der Waals surface area (Å²) in [6, 6.07) is 8.25. The summed E-state index contributed by atoms with van der Waals surface area (Å²) in [6.07, 6.45) is 0. The van der Waals surface area contributed by atoms with Gasteiger partial charge >= 0.3 is 0 Å². The van der Waals surface area contributed by atoms with Crippen molar-refractivity contribution in [3.63, 3.8) is 0 Å². The number of ether oxygens (including phenoxy) is 2. The number of anilines is 1. The van der Waals surface area contributed by atoms with E-state index < -0.39 is 0 Å². The fourth-order valence-corrected chi connectivity index (χ4v) is 2.65. The minimum absolute atomic E-state index is 0.675. The van der Waals surface area contributed by atoms with E-state index in [1.807, 2.05) is 12.1 Å². The molecule has 1 fully saturated rings. The van der Waals surface area contributed by atoms with Gasteiger partial charge in [0.2, 0.25) is 5.96 Å². The molecule has 0 aromatic heterocycles. The molecule has 128 valence electrons. The number of nitrogens with zero attached hydrogens (tertiary/aromatic N) is 4. The number of para-hydroxylation sites is 2. The Hall–Kier alpha value is -1.79. The molecule has 1 saturated heterocycles. The summed E-state index contributed by atoms with van der Waals surface area (Å²) >= 11 is 0. The quantitative estimate of drug-likeness (QED) is 0.728. The fraction of sp³-hybridized carbons (Fsp3) is 0.588. The zero-order valence-electron chi connectivity index (χ0n) is 14.7. The van der Waals surface area contributed by atoms with Crippen LogP contribution in [0.25, 0.3) is 0 Å². The summed E-state index contributed by atoms with van der Waals surface area (Å²) in [7, 11) is 7.61. The number of hydrogen-bond acceptors (Lipinski definition) is 4. The highest BCUT2D eigenvalue weighted by atomic mass is 16.5. The maximum atomic E-state index is 5.25. The smallest absolute Gasteiger partial charge is 0.201 e. The monoisotopic (exact) mass is 320 g/mol. The van der Waals surface area contributed by atoms with Crippen LogP contribution in [-0.4, -0.2) is 83.5 Å². The first kappa shape index (κ1) is 17.6. The predicted octanol–water partition coefficient (Wildman–Crippen LogP) is 1.65. The van der Waals surface area contributed by atoms with Gasteiger partial charge in [-0.15, -0.1) is 0 Å². The Balaban J connectivity index is 2.28. The second kappa shape index (κ2) is 8.74. The van der Waals surface area contributed by atoms with Crippen molar-refractivity contribution in [3.8, 4) is 0 Å². The summed E-state index contributed by atoms with van der Waals surface area (Å²) in [4.78, 5) is 11.5. The minimum Gasteiger partial charge on any atom is -0.383 e. The highest BCUT2D eigenvalue weighted by Crippen LogP contribution is 2.29. The van der Waals surface area contributed by atoms with Gasteiger partial charge in [0.1, 0.15) is 0 Å². The number of aliphatic imine (C=N–C) groups is 1. The van der Waals surface area contributed by atoms with Gasteiger partial charge < -0.3 is 24.2 Å². The van der Waals surface area contributed by atoms with Gasteiger partial charge in [0.05, 0.1) is 24.6 Å². The maximum Gasteiger partial charge on any atom is 0.201 e. The van der Waals surface area contributed by atoms with E-state index in [0.29, 0.717) is 13.2 Å². The molecule has 6 heteroatoms. The molecule has 1 heterocycles. The molecule has 0 radical (unpaired) electrons. The average Bonchev–Trinajstić information content (AvgIpc) is 2.88. The predicted molar refractivity (Wildman–Crippen MR) is 94.8 cm³/mol. The average molecular weight is 320 g/mol. The molecule has 23 heavy (non-hydrogen) atoms. The molecule has 0 bridgehead atoms. The Morgan fingerprint density at radius 1 is 1.00 bits per heavy atom. The number of guanidine groups is 1. The Bertz CT molecular complexity index is 501. The molecule has 0 amide bonds. The SMILES string of the molecule is COCCN(CCOC)c1ccccc1N=C1N(C)CCN1C. The van der Waals surface area contributed by atoms with Crippen molar-refractivity contribution in [2.45, 2.75) is 0 Å². The van der Waals surface area contributed by atoms with Crippen LogP contribution in [0.3, 0.4) is 0 Å². The van der Waals surface area contributed by atoms with E-state index in [1.165, 1.54) is 0 Å². The first-order valence-corrected chi connectivity index (χ1v) is 8.00. The van der Waals surface area contributed by atoms with Gasteiger partial charge in [-0.2, -0.15) is 0 Å². The number of methoxy groups -OCH3 is 2. The number of hydrogen-bond donors (Lipinski definition) is 0. The Morgan fingerprint density at radius 3 is 2.13 bits per heavy atom. The largest absolute Gasteiger partial charge is 0.383 e. The van der Waals surface area contributed by atoms with Gasteiger partial charge in [-0.3, -0.25) is 0 Å². The molecule has 0 saturated carbocycles. The van der Waals surface area contributed by atoms with Crippen molar-refractivity contribution >= 4 is 17.3 Å². The summed E-state index contributed by atoms with van der Waals surface area (Å²) in [5.74, 6) is 1.01. The van der Waals surface area contributed by atoms with Crippen molar-refractivity contribution in [3.05, 3.63) is 24.3 Å². The Labute approximate surface area is 139 Å². The van der Waals surface area contributed by atoms with Crippen molar-refractivity contribution < 1.29 is 9.47 Å². The van der Waals surface area contributed by atoms with Crippen LogP contribution in [0.1, 0.15) is 0 Å². The van der Waals surface area contributed by atoms with Crippen molar-refractivity contribution in [1.29, 1.82) is 0 Å². The van der Waals surface area contributed by atoms with Crippen LogP contribution in [0.5, 0.6) is 0 Å². The van der Waals surface area contributed by atoms with Crippen LogP contribution in [0.4, 0.5) is 11.4 Å². The molecular formula is C17H28N4O2. The van der Waals surface area contributed by atoms with Crippen LogP contribution in [0.2, 0.25) is 0 Å². The topological polar surface area (TPSA) is 40.5 Å². The van der Waals surface area contributed by atoms with Gasteiger partial charge in [0, 0.05) is 54.5 Å². The molecule has 1 aromatic rings. The molecule has 0 spiro atoms. The van der Waals surface area contributed by atoms with E-state index in [2.05, 4.69) is 40.9 Å². The van der Waals surface area contributed by atoms with Crippen molar-refractivity contribution in [1.82, 2.24) is 9.80 Å². The third-order valence-electron chi connectivity index (χ3n) is 4.03. The molecule has 1 aliphatic heterocycles. The fourth-order valence-electron chi connectivity index (χ4n) is 2.65. The summed E-state index contributed by atoms with van der Waals surface area (Å²) in [6.45, 7) is 4.99. The van der Waals surface area contributed by atoms with E-state index in [-0.39, 0.29) is 0 Å². The lowest BCUT2D eigenvalue weighted by Crippen LogP contribution is -2.31. The molecule has 1 aromatic carbocycles. The van der Waals surface area contributed by atoms with Gasteiger partial charge in [-0.1, -0.05) is 12.1 Å². The summed E-state index contributed by atoms with van der Waals surface area (Å²) < 4.78 is 10.5. The molecule has 6 nitrogen and oxygen atoms in total. The van der Waals surface area contributed by atoms with Crippen molar-refractivity contribution in [2.75, 3.05) is 72.6 Å². The first-order valence-electron chi connectivity index (χ1n) is 8.00. The zero-order valence-corrected chi connectivity index (χ0v) is 14.7. The van der Waals surface area contributed by atoms with Gasteiger partial charge in [0.25, 0.3) is 0 Å². The lowest BCUT2D eigenvalue weighted by atomic mass is 10.2. The molecule has 2 rings (SSSR count). The Kier molecular flexibility index (Phi) is 6.67. The van der Waals surface area contributed by atoms with Crippen LogP contribution in [0.15, 0.2) is 29.3 Å². The first-order chi connectivity index (χ1) is 11.2. The minimum atomic E-state index is 0.675.